The topological polar surface area (TPSA) is 61.2 Å². The molecule has 0 amide bonds. The lowest BCUT2D eigenvalue weighted by Gasteiger charge is -2.19. The van der Waals surface area contributed by atoms with Crippen LogP contribution in [0.25, 0.3) is 0 Å². The van der Waals surface area contributed by atoms with E-state index in [2.05, 4.69) is 22.6 Å². The van der Waals surface area contributed by atoms with Crippen molar-refractivity contribution in [1.29, 1.82) is 0 Å². The van der Waals surface area contributed by atoms with Crippen molar-refractivity contribution >= 4 is 0 Å². The molecule has 1 N–H and O–H groups in total. The van der Waals surface area contributed by atoms with Crippen LogP contribution in [0.2, 0.25) is 0 Å². The molecule has 0 saturated carbocycles. The summed E-state index contributed by atoms with van der Waals surface area (Å²) in [7, 11) is 5.15. The molecule has 0 bridgehead atoms. The first-order valence-corrected chi connectivity index (χ1v) is 6.98. The molecule has 2 rings (SSSR count). The van der Waals surface area contributed by atoms with Gasteiger partial charge in [-0.25, -0.2) is 0 Å². The predicted octanol–water partition coefficient (Wildman–Crippen LogP) is 1.73. The number of ether oxygens (including phenoxy) is 2. The summed E-state index contributed by atoms with van der Waals surface area (Å²) in [5.41, 5.74) is 2.10. The van der Waals surface area contributed by atoms with Crippen molar-refractivity contribution < 1.29 is 9.47 Å². The van der Waals surface area contributed by atoms with Crippen molar-refractivity contribution in [2.24, 2.45) is 7.05 Å². The summed E-state index contributed by atoms with van der Waals surface area (Å²) in [5.74, 6) is 1.47. The van der Waals surface area contributed by atoms with Crippen LogP contribution in [0.1, 0.15) is 24.2 Å². The second-order valence-corrected chi connectivity index (χ2v) is 4.81. The van der Waals surface area contributed by atoms with Gasteiger partial charge in [0.05, 0.1) is 19.9 Å². The quantitative estimate of drug-likeness (QED) is 0.841. The molecular formula is C15H22N4O2. The maximum atomic E-state index is 5.37. The summed E-state index contributed by atoms with van der Waals surface area (Å²) >= 11 is 0. The molecular weight excluding hydrogens is 268 g/mol. The summed E-state index contributed by atoms with van der Waals surface area (Å²) in [6.45, 7) is 2.96. The Balaban J connectivity index is 2.24. The number of methoxy groups -OCH3 is 2. The number of rotatable bonds is 7. The maximum absolute atomic E-state index is 5.37. The van der Waals surface area contributed by atoms with Crippen molar-refractivity contribution in [3.05, 3.63) is 35.7 Å². The summed E-state index contributed by atoms with van der Waals surface area (Å²) < 4.78 is 12.4. The lowest BCUT2D eigenvalue weighted by Crippen LogP contribution is -2.23. The van der Waals surface area contributed by atoms with Gasteiger partial charge >= 0.3 is 0 Å². The van der Waals surface area contributed by atoms with Crippen LogP contribution in [0.15, 0.2) is 24.4 Å². The molecule has 1 aromatic heterocycles. The maximum Gasteiger partial charge on any atom is 0.161 e. The van der Waals surface area contributed by atoms with E-state index in [1.165, 1.54) is 0 Å². The molecule has 0 aliphatic carbocycles. The summed E-state index contributed by atoms with van der Waals surface area (Å²) in [6, 6.07) is 6.13. The molecule has 2 aromatic rings. The molecule has 0 saturated heterocycles. The van der Waals surface area contributed by atoms with Gasteiger partial charge in [0.1, 0.15) is 0 Å². The van der Waals surface area contributed by atoms with Gasteiger partial charge in [0.25, 0.3) is 0 Å². The molecule has 0 fully saturated rings. The molecule has 0 radical (unpaired) electrons. The Bertz CT molecular complexity index is 583. The normalized spacial score (nSPS) is 12.2. The molecule has 0 spiro atoms. The Morgan fingerprint density at radius 1 is 1.24 bits per heavy atom. The fourth-order valence-corrected chi connectivity index (χ4v) is 2.32. The van der Waals surface area contributed by atoms with Gasteiger partial charge in [-0.1, -0.05) is 18.2 Å². The number of likely N-dealkylation sites (N-methyl/N-ethyl adjacent to an activating group) is 1. The van der Waals surface area contributed by atoms with Crippen LogP contribution in [0, 0.1) is 0 Å². The lowest BCUT2D eigenvalue weighted by atomic mass is 10.0. The van der Waals surface area contributed by atoms with E-state index in [0.29, 0.717) is 0 Å². The Morgan fingerprint density at radius 2 is 2.00 bits per heavy atom. The zero-order valence-electron chi connectivity index (χ0n) is 13.0. The average Bonchev–Trinajstić information content (AvgIpc) is 2.91. The van der Waals surface area contributed by atoms with Gasteiger partial charge in [-0.2, -0.15) is 0 Å². The van der Waals surface area contributed by atoms with E-state index < -0.39 is 0 Å². The van der Waals surface area contributed by atoms with Crippen LogP contribution in [0.5, 0.6) is 11.5 Å². The van der Waals surface area contributed by atoms with Crippen molar-refractivity contribution in [1.82, 2.24) is 20.3 Å². The van der Waals surface area contributed by atoms with Crippen LogP contribution in [0.3, 0.4) is 0 Å². The summed E-state index contributed by atoms with van der Waals surface area (Å²) in [6.07, 6.45) is 2.71. The van der Waals surface area contributed by atoms with Crippen molar-refractivity contribution in [3.8, 4) is 11.5 Å². The van der Waals surface area contributed by atoms with Crippen molar-refractivity contribution in [2.75, 3.05) is 20.8 Å². The molecule has 6 heteroatoms. The molecule has 114 valence electrons. The van der Waals surface area contributed by atoms with E-state index in [1.807, 2.05) is 31.4 Å². The molecule has 0 aliphatic heterocycles. The fraction of sp³-hybridized carbons (Fsp3) is 0.467. The highest BCUT2D eigenvalue weighted by molar-refractivity contribution is 5.44. The smallest absolute Gasteiger partial charge is 0.161 e. The number of aromatic nitrogens is 3. The molecule has 21 heavy (non-hydrogen) atoms. The van der Waals surface area contributed by atoms with E-state index in [4.69, 9.17) is 9.47 Å². The first-order chi connectivity index (χ1) is 10.2. The van der Waals surface area contributed by atoms with Crippen molar-refractivity contribution in [3.63, 3.8) is 0 Å². The number of nitrogens with one attached hydrogen (secondary N) is 1. The molecule has 1 aromatic carbocycles. The Morgan fingerprint density at radius 3 is 2.57 bits per heavy atom. The van der Waals surface area contributed by atoms with Crippen LogP contribution >= 0.6 is 0 Å². The second kappa shape index (κ2) is 7.08. The first-order valence-electron chi connectivity index (χ1n) is 6.98. The van der Waals surface area contributed by atoms with Gasteiger partial charge in [-0.15, -0.1) is 5.10 Å². The monoisotopic (exact) mass is 290 g/mol. The summed E-state index contributed by atoms with van der Waals surface area (Å²) in [5, 5.41) is 11.6. The molecule has 6 nitrogen and oxygen atoms in total. The third-order valence-corrected chi connectivity index (χ3v) is 3.32. The first kappa shape index (κ1) is 15.3. The third-order valence-electron chi connectivity index (χ3n) is 3.32. The third kappa shape index (κ3) is 3.72. The minimum atomic E-state index is 0.159. The Kier molecular flexibility index (Phi) is 5.16. The van der Waals surface area contributed by atoms with Gasteiger partial charge in [0, 0.05) is 25.7 Å². The standard InChI is InChI=1S/C15H22N4O2/c1-5-16-13(9-12-10-19(2)18-17-12)11-6-7-14(20-3)15(8-11)21-4/h6-8,10,13,16H,5,9H2,1-4H3. The van der Waals surface area contributed by atoms with Gasteiger partial charge < -0.3 is 14.8 Å². The van der Waals surface area contributed by atoms with E-state index in [-0.39, 0.29) is 6.04 Å². The van der Waals surface area contributed by atoms with Gasteiger partial charge in [0.15, 0.2) is 11.5 Å². The predicted molar refractivity (Wildman–Crippen MR) is 80.7 cm³/mol. The number of benzene rings is 1. The van der Waals surface area contributed by atoms with Gasteiger partial charge in [-0.3, -0.25) is 4.68 Å². The van der Waals surface area contributed by atoms with E-state index >= 15 is 0 Å². The van der Waals surface area contributed by atoms with E-state index in [9.17, 15) is 0 Å². The van der Waals surface area contributed by atoms with Crippen LogP contribution < -0.4 is 14.8 Å². The highest BCUT2D eigenvalue weighted by Gasteiger charge is 2.15. The molecule has 0 aliphatic rings. The minimum Gasteiger partial charge on any atom is -0.493 e. The van der Waals surface area contributed by atoms with Gasteiger partial charge in [0.2, 0.25) is 0 Å². The lowest BCUT2D eigenvalue weighted by molar-refractivity contribution is 0.353. The van der Waals surface area contributed by atoms with E-state index in [0.717, 1.165) is 35.7 Å². The largest absolute Gasteiger partial charge is 0.493 e. The molecule has 1 unspecified atom stereocenters. The molecule has 1 heterocycles. The zero-order valence-corrected chi connectivity index (χ0v) is 13.0. The number of nitrogens with zero attached hydrogens (tertiary/aromatic N) is 3. The Labute approximate surface area is 125 Å². The summed E-state index contributed by atoms with van der Waals surface area (Å²) in [4.78, 5) is 0. The number of hydrogen-bond donors (Lipinski definition) is 1. The number of aryl methyl sites for hydroxylation is 1. The SMILES string of the molecule is CCNC(Cc1cn(C)nn1)c1ccc(OC)c(OC)c1. The highest BCUT2D eigenvalue weighted by Crippen LogP contribution is 2.30. The zero-order chi connectivity index (χ0) is 15.2. The Hall–Kier alpha value is -2.08. The van der Waals surface area contributed by atoms with E-state index in [1.54, 1.807) is 18.9 Å². The van der Waals surface area contributed by atoms with Crippen LogP contribution in [-0.2, 0) is 13.5 Å². The minimum absolute atomic E-state index is 0.159. The van der Waals surface area contributed by atoms with Crippen LogP contribution in [-0.4, -0.2) is 35.8 Å². The van der Waals surface area contributed by atoms with Crippen molar-refractivity contribution in [2.45, 2.75) is 19.4 Å². The van der Waals surface area contributed by atoms with Gasteiger partial charge in [-0.05, 0) is 24.2 Å². The highest BCUT2D eigenvalue weighted by atomic mass is 16.5. The number of hydrogen-bond acceptors (Lipinski definition) is 5. The molecule has 1 atom stereocenters. The van der Waals surface area contributed by atoms with Crippen LogP contribution in [0.4, 0.5) is 0 Å². The fourth-order valence-electron chi connectivity index (χ4n) is 2.32. The average molecular weight is 290 g/mol. The second-order valence-electron chi connectivity index (χ2n) is 4.81.